The summed E-state index contributed by atoms with van der Waals surface area (Å²) in [6.07, 6.45) is 1.02. The standard InChI is InChI=1S/C14H17BrClNOS/c1-14(2)5-6-17(7-8-19-14)13(18)11-4-3-10(16)9-12(11)15/h3-4,9H,5-8H2,1-2H3. The van der Waals surface area contributed by atoms with Crippen LogP contribution in [0.4, 0.5) is 0 Å². The highest BCUT2D eigenvalue weighted by Gasteiger charge is 2.27. The quantitative estimate of drug-likeness (QED) is 0.735. The summed E-state index contributed by atoms with van der Waals surface area (Å²) in [4.78, 5) is 14.5. The molecule has 1 aromatic rings. The topological polar surface area (TPSA) is 20.3 Å². The molecule has 1 aliphatic rings. The minimum atomic E-state index is 0.0850. The predicted octanol–water partition coefficient (Wildman–Crippen LogP) is 4.46. The third-order valence-electron chi connectivity index (χ3n) is 3.29. The van der Waals surface area contributed by atoms with Gasteiger partial charge in [0.2, 0.25) is 0 Å². The lowest BCUT2D eigenvalue weighted by molar-refractivity contribution is 0.0763. The molecule has 0 radical (unpaired) electrons. The van der Waals surface area contributed by atoms with Crippen LogP contribution in [-0.4, -0.2) is 34.4 Å². The van der Waals surface area contributed by atoms with Gasteiger partial charge in [0.05, 0.1) is 5.56 Å². The molecule has 1 fully saturated rings. The number of hydrogen-bond acceptors (Lipinski definition) is 2. The van der Waals surface area contributed by atoms with Crippen molar-refractivity contribution in [2.75, 3.05) is 18.8 Å². The van der Waals surface area contributed by atoms with Gasteiger partial charge >= 0.3 is 0 Å². The minimum absolute atomic E-state index is 0.0850. The van der Waals surface area contributed by atoms with E-state index in [1.165, 1.54) is 0 Å². The van der Waals surface area contributed by atoms with Crippen molar-refractivity contribution in [1.82, 2.24) is 4.90 Å². The Kier molecular flexibility index (Phi) is 4.85. The zero-order chi connectivity index (χ0) is 14.0. The fraction of sp³-hybridized carbons (Fsp3) is 0.500. The fourth-order valence-electron chi connectivity index (χ4n) is 2.06. The van der Waals surface area contributed by atoms with Gasteiger partial charge in [-0.05, 0) is 40.5 Å². The van der Waals surface area contributed by atoms with E-state index in [-0.39, 0.29) is 10.7 Å². The largest absolute Gasteiger partial charge is 0.338 e. The van der Waals surface area contributed by atoms with E-state index in [2.05, 4.69) is 29.8 Å². The summed E-state index contributed by atoms with van der Waals surface area (Å²) in [5.74, 6) is 1.08. The third-order valence-corrected chi connectivity index (χ3v) is 5.55. The highest BCUT2D eigenvalue weighted by atomic mass is 79.9. The molecular weight excluding hydrogens is 346 g/mol. The van der Waals surface area contributed by atoms with Gasteiger partial charge in [-0.2, -0.15) is 11.8 Å². The molecule has 19 heavy (non-hydrogen) atoms. The van der Waals surface area contributed by atoms with Crippen molar-refractivity contribution in [1.29, 1.82) is 0 Å². The van der Waals surface area contributed by atoms with Crippen LogP contribution < -0.4 is 0 Å². The van der Waals surface area contributed by atoms with E-state index < -0.39 is 0 Å². The van der Waals surface area contributed by atoms with Crippen LogP contribution in [0.25, 0.3) is 0 Å². The molecule has 0 atom stereocenters. The highest BCUT2D eigenvalue weighted by Crippen LogP contribution is 2.31. The SMILES string of the molecule is CC1(C)CCN(C(=O)c2ccc(Cl)cc2Br)CCS1. The molecule has 1 saturated heterocycles. The van der Waals surface area contributed by atoms with Crippen LogP contribution in [0.3, 0.4) is 0 Å². The Morgan fingerprint density at radius 2 is 2.16 bits per heavy atom. The summed E-state index contributed by atoms with van der Waals surface area (Å²) in [5.41, 5.74) is 0.689. The molecule has 0 unspecified atom stereocenters. The van der Waals surface area contributed by atoms with Gasteiger partial charge in [0.15, 0.2) is 0 Å². The summed E-state index contributed by atoms with van der Waals surface area (Å²) in [7, 11) is 0. The molecule has 1 heterocycles. The van der Waals surface area contributed by atoms with Gasteiger partial charge in [-0.1, -0.05) is 25.4 Å². The van der Waals surface area contributed by atoms with Crippen molar-refractivity contribution < 1.29 is 4.79 Å². The van der Waals surface area contributed by atoms with Crippen molar-refractivity contribution in [2.24, 2.45) is 0 Å². The first-order chi connectivity index (χ1) is 8.89. The molecule has 104 valence electrons. The van der Waals surface area contributed by atoms with Gasteiger partial charge in [0.25, 0.3) is 5.91 Å². The number of halogens is 2. The molecule has 1 amide bonds. The first-order valence-electron chi connectivity index (χ1n) is 6.27. The number of nitrogens with zero attached hydrogens (tertiary/aromatic N) is 1. The molecule has 0 spiro atoms. The first kappa shape index (κ1) is 15.2. The summed E-state index contributed by atoms with van der Waals surface area (Å²) in [6, 6.07) is 5.32. The maximum atomic E-state index is 12.5. The van der Waals surface area contributed by atoms with Crippen LogP contribution in [-0.2, 0) is 0 Å². The normalized spacial score (nSPS) is 19.1. The number of carbonyl (C=O) groups excluding carboxylic acids is 1. The summed E-state index contributed by atoms with van der Waals surface area (Å²) in [6.45, 7) is 6.10. The van der Waals surface area contributed by atoms with Crippen molar-refractivity contribution in [3.05, 3.63) is 33.3 Å². The second-order valence-corrected chi connectivity index (χ2v) is 8.37. The maximum absolute atomic E-state index is 12.5. The molecule has 2 nitrogen and oxygen atoms in total. The van der Waals surface area contributed by atoms with Crippen molar-refractivity contribution in [3.63, 3.8) is 0 Å². The number of benzene rings is 1. The van der Waals surface area contributed by atoms with E-state index in [0.29, 0.717) is 10.6 Å². The van der Waals surface area contributed by atoms with Crippen LogP contribution in [0.15, 0.2) is 22.7 Å². The number of thioether (sulfide) groups is 1. The molecular formula is C14H17BrClNOS. The van der Waals surface area contributed by atoms with Crippen LogP contribution in [0, 0.1) is 0 Å². The average molecular weight is 363 g/mol. The Morgan fingerprint density at radius 3 is 2.84 bits per heavy atom. The van der Waals surface area contributed by atoms with E-state index in [1.54, 1.807) is 18.2 Å². The molecule has 5 heteroatoms. The molecule has 0 bridgehead atoms. The van der Waals surface area contributed by atoms with Crippen molar-refractivity contribution in [3.8, 4) is 0 Å². The van der Waals surface area contributed by atoms with Crippen LogP contribution in [0.5, 0.6) is 0 Å². The number of carbonyl (C=O) groups is 1. The molecule has 1 aromatic carbocycles. The van der Waals surface area contributed by atoms with Gasteiger partial charge in [0, 0.05) is 33.1 Å². The zero-order valence-corrected chi connectivity index (χ0v) is 14.2. The lowest BCUT2D eigenvalue weighted by Crippen LogP contribution is -2.33. The van der Waals surface area contributed by atoms with E-state index >= 15 is 0 Å². The predicted molar refractivity (Wildman–Crippen MR) is 86.2 cm³/mol. The van der Waals surface area contributed by atoms with Crippen LogP contribution in [0.2, 0.25) is 5.02 Å². The molecule has 0 aliphatic carbocycles. The first-order valence-corrected chi connectivity index (χ1v) is 8.43. The van der Waals surface area contributed by atoms with E-state index in [1.807, 2.05) is 16.7 Å². The van der Waals surface area contributed by atoms with Gasteiger partial charge in [0.1, 0.15) is 0 Å². The average Bonchev–Trinajstić information content (AvgIpc) is 2.49. The summed E-state index contributed by atoms with van der Waals surface area (Å²) in [5, 5.41) is 0.635. The fourth-order valence-corrected chi connectivity index (χ4v) is 4.01. The van der Waals surface area contributed by atoms with Gasteiger partial charge in [-0.25, -0.2) is 0 Å². The van der Waals surface area contributed by atoms with E-state index in [9.17, 15) is 4.79 Å². The Balaban J connectivity index is 2.15. The monoisotopic (exact) mass is 361 g/mol. The van der Waals surface area contributed by atoms with Gasteiger partial charge in [-0.15, -0.1) is 0 Å². The van der Waals surface area contributed by atoms with Crippen LogP contribution >= 0.6 is 39.3 Å². The molecule has 1 aliphatic heterocycles. The Morgan fingerprint density at radius 1 is 1.42 bits per heavy atom. The second kappa shape index (κ2) is 6.06. The summed E-state index contributed by atoms with van der Waals surface area (Å²) >= 11 is 11.3. The van der Waals surface area contributed by atoms with E-state index in [4.69, 9.17) is 11.6 Å². The smallest absolute Gasteiger partial charge is 0.255 e. The zero-order valence-electron chi connectivity index (χ0n) is 11.1. The highest BCUT2D eigenvalue weighted by molar-refractivity contribution is 9.10. The molecule has 2 rings (SSSR count). The Bertz CT molecular complexity index is 492. The second-order valence-electron chi connectivity index (χ2n) is 5.27. The van der Waals surface area contributed by atoms with E-state index in [0.717, 1.165) is 29.7 Å². The lowest BCUT2D eigenvalue weighted by Gasteiger charge is -2.23. The number of hydrogen-bond donors (Lipinski definition) is 0. The molecule has 0 saturated carbocycles. The van der Waals surface area contributed by atoms with Gasteiger partial charge in [-0.3, -0.25) is 4.79 Å². The molecule has 0 N–H and O–H groups in total. The van der Waals surface area contributed by atoms with Crippen molar-refractivity contribution in [2.45, 2.75) is 25.0 Å². The Hall–Kier alpha value is -0.190. The third kappa shape index (κ3) is 3.89. The summed E-state index contributed by atoms with van der Waals surface area (Å²) < 4.78 is 1.02. The Labute approximate surface area is 132 Å². The number of amides is 1. The minimum Gasteiger partial charge on any atom is -0.338 e. The molecule has 0 aromatic heterocycles. The maximum Gasteiger partial charge on any atom is 0.255 e. The van der Waals surface area contributed by atoms with Crippen LogP contribution in [0.1, 0.15) is 30.6 Å². The van der Waals surface area contributed by atoms with Gasteiger partial charge < -0.3 is 4.90 Å². The lowest BCUT2D eigenvalue weighted by atomic mass is 10.1. The number of rotatable bonds is 1. The van der Waals surface area contributed by atoms with Crippen molar-refractivity contribution >= 4 is 45.2 Å².